The first-order valence-electron chi connectivity index (χ1n) is 13.9. The van der Waals surface area contributed by atoms with Gasteiger partial charge in [-0.3, -0.25) is 14.4 Å². The molecule has 1 aromatic carbocycles. The molecule has 0 unspecified atom stereocenters. The lowest BCUT2D eigenvalue weighted by molar-refractivity contribution is -0.334. The van der Waals surface area contributed by atoms with Gasteiger partial charge in [-0.25, -0.2) is 0 Å². The van der Waals surface area contributed by atoms with E-state index in [1.54, 1.807) is 19.9 Å². The molecular formula is C30H44N2O8. The van der Waals surface area contributed by atoms with Crippen LogP contribution in [0.15, 0.2) is 42.5 Å². The van der Waals surface area contributed by atoms with E-state index in [-0.39, 0.29) is 36.7 Å². The van der Waals surface area contributed by atoms with Crippen LogP contribution in [0.3, 0.4) is 0 Å². The first-order chi connectivity index (χ1) is 18.8. The Labute approximate surface area is 236 Å². The molecule has 0 bridgehead atoms. The summed E-state index contributed by atoms with van der Waals surface area (Å²) in [5.74, 6) is -2.41. The van der Waals surface area contributed by atoms with Crippen molar-refractivity contribution in [1.82, 2.24) is 10.6 Å². The number of allylic oxidation sites excluding steroid dienone is 1. The molecule has 6 atom stereocenters. The summed E-state index contributed by atoms with van der Waals surface area (Å²) in [5, 5.41) is 16.5. The highest BCUT2D eigenvalue weighted by molar-refractivity contribution is 5.90. The molecule has 1 aromatic rings. The molecule has 2 heterocycles. The first-order valence-corrected chi connectivity index (χ1v) is 13.9. The maximum atomic E-state index is 13.3. The Balaban J connectivity index is 1.59. The van der Waals surface area contributed by atoms with Crippen molar-refractivity contribution in [3.05, 3.63) is 48.0 Å². The number of aryl methyl sites for hydroxylation is 1. The predicted octanol–water partition coefficient (Wildman–Crippen LogP) is 2.42. The van der Waals surface area contributed by atoms with Gasteiger partial charge in [0.1, 0.15) is 30.5 Å². The van der Waals surface area contributed by atoms with E-state index in [1.807, 2.05) is 57.2 Å². The Hall–Kier alpha value is -2.79. The van der Waals surface area contributed by atoms with Gasteiger partial charge in [0.25, 0.3) is 5.91 Å². The Bertz CT molecular complexity index is 1040. The van der Waals surface area contributed by atoms with Crippen molar-refractivity contribution >= 4 is 17.8 Å². The van der Waals surface area contributed by atoms with Crippen LogP contribution in [0.2, 0.25) is 0 Å². The molecule has 10 heteroatoms. The number of ether oxygens (including phenoxy) is 4. The van der Waals surface area contributed by atoms with E-state index in [0.29, 0.717) is 12.8 Å². The van der Waals surface area contributed by atoms with E-state index < -0.39 is 48.3 Å². The van der Waals surface area contributed by atoms with Crippen LogP contribution in [0, 0.1) is 5.41 Å². The molecule has 0 radical (unpaired) electrons. The number of benzene rings is 1. The molecule has 2 aliphatic heterocycles. The van der Waals surface area contributed by atoms with E-state index in [1.165, 1.54) is 7.11 Å². The van der Waals surface area contributed by atoms with Gasteiger partial charge in [0, 0.05) is 13.5 Å². The third-order valence-corrected chi connectivity index (χ3v) is 6.78. The predicted molar refractivity (Wildman–Crippen MR) is 148 cm³/mol. The van der Waals surface area contributed by atoms with Gasteiger partial charge in [0.05, 0.1) is 6.54 Å². The quantitative estimate of drug-likeness (QED) is 0.310. The summed E-state index contributed by atoms with van der Waals surface area (Å²) < 4.78 is 22.9. The number of hydrogen-bond donors (Lipinski definition) is 3. The standard InChI is InChI=1S/C30H44N2O8/c1-29(2,3)17-16-22-24(34)25(40-30(4,5)39-22)26(37-6)28(36)32-21-14-13-20(18-31-27(21)35)38-23(33)15-12-19-10-8-7-9-11-19/h7-11,16-17,20-22,24-26,34H,12-15,18H2,1-6H3,(H,31,35)(H,32,36)/b17-16+/t20-,21+,22-,24+,25-,26-/m1/s1. The molecule has 2 aliphatic rings. The molecule has 0 aliphatic carbocycles. The van der Waals surface area contributed by atoms with Crippen molar-refractivity contribution in [2.75, 3.05) is 13.7 Å². The van der Waals surface area contributed by atoms with Crippen molar-refractivity contribution in [3.8, 4) is 0 Å². The monoisotopic (exact) mass is 560 g/mol. The summed E-state index contributed by atoms with van der Waals surface area (Å²) in [6, 6.07) is 8.80. The Morgan fingerprint density at radius 1 is 1.20 bits per heavy atom. The summed E-state index contributed by atoms with van der Waals surface area (Å²) in [6.45, 7) is 9.64. The summed E-state index contributed by atoms with van der Waals surface area (Å²) in [6.07, 6.45) is 0.507. The fourth-order valence-electron chi connectivity index (χ4n) is 4.73. The third-order valence-electron chi connectivity index (χ3n) is 6.78. The van der Waals surface area contributed by atoms with Gasteiger partial charge in [-0.1, -0.05) is 63.3 Å². The molecule has 3 rings (SSSR count). The molecule has 2 saturated heterocycles. The summed E-state index contributed by atoms with van der Waals surface area (Å²) in [4.78, 5) is 38.4. The van der Waals surface area contributed by atoms with Gasteiger partial charge >= 0.3 is 5.97 Å². The minimum atomic E-state index is -1.20. The molecular weight excluding hydrogens is 516 g/mol. The molecule has 2 amide bonds. The third kappa shape index (κ3) is 9.40. The number of esters is 1. The van der Waals surface area contributed by atoms with Crippen LogP contribution in [-0.4, -0.2) is 78.9 Å². The molecule has 0 aromatic heterocycles. The molecule has 222 valence electrons. The van der Waals surface area contributed by atoms with Crippen molar-refractivity contribution in [3.63, 3.8) is 0 Å². The lowest BCUT2D eigenvalue weighted by Gasteiger charge is -2.45. The van der Waals surface area contributed by atoms with Gasteiger partial charge in [0.2, 0.25) is 5.91 Å². The number of carbonyl (C=O) groups excluding carboxylic acids is 3. The molecule has 0 saturated carbocycles. The lowest BCUT2D eigenvalue weighted by atomic mass is 9.93. The normalized spacial score (nSPS) is 27.9. The van der Waals surface area contributed by atoms with Crippen LogP contribution in [0.5, 0.6) is 0 Å². The highest BCUT2D eigenvalue weighted by atomic mass is 16.7. The maximum absolute atomic E-state index is 13.3. The van der Waals surface area contributed by atoms with E-state index in [2.05, 4.69) is 10.6 Å². The van der Waals surface area contributed by atoms with Crippen LogP contribution in [0.25, 0.3) is 0 Å². The van der Waals surface area contributed by atoms with Crippen molar-refractivity contribution < 1.29 is 38.4 Å². The van der Waals surface area contributed by atoms with Crippen LogP contribution in [0.1, 0.15) is 59.4 Å². The minimum absolute atomic E-state index is 0.139. The SMILES string of the molecule is CO[C@@H](C(=O)N[C@H]1CC[C@@H](OC(=O)CCc2ccccc2)CNC1=O)[C@@H]1OC(C)(C)O[C@H](/C=C/C(C)(C)C)[C@@H]1O. The Morgan fingerprint density at radius 3 is 2.55 bits per heavy atom. The van der Waals surface area contributed by atoms with Crippen LogP contribution in [-0.2, 0) is 39.8 Å². The average Bonchev–Trinajstić information content (AvgIpc) is 3.05. The number of aliphatic hydroxyl groups excluding tert-OH is 1. The number of methoxy groups -OCH3 is 1. The number of carbonyl (C=O) groups is 3. The minimum Gasteiger partial charge on any atom is -0.460 e. The zero-order valence-electron chi connectivity index (χ0n) is 24.3. The molecule has 40 heavy (non-hydrogen) atoms. The summed E-state index contributed by atoms with van der Waals surface area (Å²) in [7, 11) is 1.35. The largest absolute Gasteiger partial charge is 0.460 e. The Kier molecular flexibility index (Phi) is 10.9. The second kappa shape index (κ2) is 13.7. The molecule has 10 nitrogen and oxygen atoms in total. The summed E-state index contributed by atoms with van der Waals surface area (Å²) in [5.41, 5.74) is 0.905. The topological polar surface area (TPSA) is 132 Å². The second-order valence-electron chi connectivity index (χ2n) is 11.9. The van der Waals surface area contributed by atoms with Gasteiger partial charge in [-0.2, -0.15) is 0 Å². The van der Waals surface area contributed by atoms with Gasteiger partial charge in [-0.15, -0.1) is 0 Å². The smallest absolute Gasteiger partial charge is 0.306 e. The van der Waals surface area contributed by atoms with Crippen LogP contribution < -0.4 is 10.6 Å². The van der Waals surface area contributed by atoms with Crippen molar-refractivity contribution in [1.29, 1.82) is 0 Å². The fourth-order valence-corrected chi connectivity index (χ4v) is 4.73. The van der Waals surface area contributed by atoms with E-state index >= 15 is 0 Å². The number of aliphatic hydroxyl groups is 1. The lowest BCUT2D eigenvalue weighted by Crippen LogP contribution is -2.62. The number of amides is 2. The second-order valence-corrected chi connectivity index (χ2v) is 11.9. The van der Waals surface area contributed by atoms with E-state index in [0.717, 1.165) is 5.56 Å². The van der Waals surface area contributed by atoms with Crippen LogP contribution in [0.4, 0.5) is 0 Å². The Morgan fingerprint density at radius 2 is 1.90 bits per heavy atom. The number of rotatable bonds is 9. The zero-order valence-corrected chi connectivity index (χ0v) is 24.3. The number of nitrogens with one attached hydrogen (secondary N) is 2. The molecule has 2 fully saturated rings. The van der Waals surface area contributed by atoms with E-state index in [9.17, 15) is 19.5 Å². The zero-order chi connectivity index (χ0) is 29.5. The fraction of sp³-hybridized carbons (Fsp3) is 0.633. The van der Waals surface area contributed by atoms with Gasteiger partial charge in [0.15, 0.2) is 11.9 Å². The molecule has 0 spiro atoms. The van der Waals surface area contributed by atoms with Crippen molar-refractivity contribution in [2.24, 2.45) is 5.41 Å². The highest BCUT2D eigenvalue weighted by Crippen LogP contribution is 2.31. The van der Waals surface area contributed by atoms with Crippen LogP contribution >= 0.6 is 0 Å². The maximum Gasteiger partial charge on any atom is 0.306 e. The highest BCUT2D eigenvalue weighted by Gasteiger charge is 2.48. The van der Waals surface area contributed by atoms with E-state index in [4.69, 9.17) is 18.9 Å². The summed E-state index contributed by atoms with van der Waals surface area (Å²) >= 11 is 0. The van der Waals surface area contributed by atoms with Gasteiger partial charge in [-0.05, 0) is 44.1 Å². The number of hydrogen-bond acceptors (Lipinski definition) is 8. The first kappa shape index (κ1) is 31.7. The van der Waals surface area contributed by atoms with Gasteiger partial charge < -0.3 is 34.7 Å². The molecule has 3 N–H and O–H groups in total. The average molecular weight is 561 g/mol. The van der Waals surface area contributed by atoms with Crippen molar-refractivity contribution in [2.45, 2.75) is 103 Å².